The number of benzene rings is 1. The molecule has 0 spiro atoms. The summed E-state index contributed by atoms with van der Waals surface area (Å²) in [7, 11) is 0. The summed E-state index contributed by atoms with van der Waals surface area (Å²) >= 11 is 1.64. The van der Waals surface area contributed by atoms with E-state index in [1.807, 2.05) is 23.6 Å². The van der Waals surface area contributed by atoms with Crippen molar-refractivity contribution >= 4 is 11.3 Å². The van der Waals surface area contributed by atoms with Gasteiger partial charge in [-0.25, -0.2) is 4.98 Å². The summed E-state index contributed by atoms with van der Waals surface area (Å²) in [4.78, 5) is 7.74. The van der Waals surface area contributed by atoms with E-state index in [0.717, 1.165) is 23.6 Å². The molecule has 0 aliphatic carbocycles. The van der Waals surface area contributed by atoms with Gasteiger partial charge in [-0.1, -0.05) is 30.3 Å². The molecule has 1 aliphatic rings. The van der Waals surface area contributed by atoms with Crippen LogP contribution in [0.25, 0.3) is 10.6 Å². The zero-order valence-electron chi connectivity index (χ0n) is 12.7. The van der Waals surface area contributed by atoms with Crippen LogP contribution in [0.4, 0.5) is 0 Å². The maximum atomic E-state index is 9.85. The first-order valence-corrected chi connectivity index (χ1v) is 8.64. The zero-order valence-corrected chi connectivity index (χ0v) is 13.5. The number of hydrogen-bond donors (Lipinski definition) is 1. The summed E-state index contributed by atoms with van der Waals surface area (Å²) in [5.41, 5.74) is 2.54. The highest BCUT2D eigenvalue weighted by Crippen LogP contribution is 2.31. The maximum absolute atomic E-state index is 9.85. The van der Waals surface area contributed by atoms with Gasteiger partial charge in [0.15, 0.2) is 5.76 Å². The molecule has 2 aromatic heterocycles. The minimum atomic E-state index is 0.0111. The number of fused-ring (bicyclic) bond motifs is 1. The van der Waals surface area contributed by atoms with Crippen molar-refractivity contribution in [2.45, 2.75) is 19.0 Å². The van der Waals surface area contributed by atoms with Gasteiger partial charge in [-0.05, 0) is 29.0 Å². The predicted octanol–water partition coefficient (Wildman–Crippen LogP) is 3.49. The summed E-state index contributed by atoms with van der Waals surface area (Å²) in [6, 6.07) is 12.4. The first kappa shape index (κ1) is 14.6. The molecule has 0 radical (unpaired) electrons. The maximum Gasteiger partial charge on any atom is 0.209 e. The van der Waals surface area contributed by atoms with Crippen LogP contribution >= 0.6 is 11.3 Å². The van der Waals surface area contributed by atoms with Gasteiger partial charge in [0.05, 0.1) is 30.3 Å². The monoisotopic (exact) mass is 326 g/mol. The lowest BCUT2D eigenvalue weighted by Gasteiger charge is -2.35. The van der Waals surface area contributed by atoms with Crippen LogP contribution in [0.15, 0.2) is 52.4 Å². The lowest BCUT2D eigenvalue weighted by atomic mass is 9.93. The molecule has 1 unspecified atom stereocenters. The summed E-state index contributed by atoms with van der Waals surface area (Å²) in [6.07, 6.45) is 2.78. The van der Waals surface area contributed by atoms with Gasteiger partial charge in [-0.15, -0.1) is 11.3 Å². The second-order valence-corrected chi connectivity index (χ2v) is 6.66. The van der Waals surface area contributed by atoms with E-state index >= 15 is 0 Å². The Kier molecular flexibility index (Phi) is 3.99. The van der Waals surface area contributed by atoms with Gasteiger partial charge >= 0.3 is 0 Å². The van der Waals surface area contributed by atoms with Gasteiger partial charge < -0.3 is 9.52 Å². The third-order valence-corrected chi connectivity index (χ3v) is 5.24. The Hall–Kier alpha value is -1.95. The summed E-state index contributed by atoms with van der Waals surface area (Å²) in [5.74, 6) is 1.51. The first-order valence-electron chi connectivity index (χ1n) is 7.76. The SMILES string of the molecule is OCC1c2ccccc2CCN1Cc1ncc(-c2cccs2)o1. The molecule has 0 bridgehead atoms. The molecule has 1 aromatic carbocycles. The fraction of sp³-hybridized carbons (Fsp3) is 0.278. The Morgan fingerprint density at radius 3 is 3.00 bits per heavy atom. The van der Waals surface area contributed by atoms with E-state index in [1.54, 1.807) is 17.5 Å². The Morgan fingerprint density at radius 1 is 1.26 bits per heavy atom. The van der Waals surface area contributed by atoms with E-state index in [-0.39, 0.29) is 12.6 Å². The molecule has 23 heavy (non-hydrogen) atoms. The van der Waals surface area contributed by atoms with Gasteiger partial charge in [-0.2, -0.15) is 0 Å². The normalized spacial score (nSPS) is 18.0. The van der Waals surface area contributed by atoms with Crippen LogP contribution in [0.2, 0.25) is 0 Å². The molecule has 118 valence electrons. The number of aliphatic hydroxyl groups excluding tert-OH is 1. The average molecular weight is 326 g/mol. The molecule has 1 N–H and O–H groups in total. The number of aliphatic hydroxyl groups is 1. The van der Waals surface area contributed by atoms with Crippen molar-refractivity contribution in [2.24, 2.45) is 0 Å². The Morgan fingerprint density at radius 2 is 2.17 bits per heavy atom. The van der Waals surface area contributed by atoms with Crippen molar-refractivity contribution < 1.29 is 9.52 Å². The Labute approximate surface area is 139 Å². The summed E-state index contributed by atoms with van der Waals surface area (Å²) in [6.45, 7) is 1.62. The molecule has 3 aromatic rings. The number of hydrogen-bond acceptors (Lipinski definition) is 5. The van der Waals surface area contributed by atoms with Crippen molar-refractivity contribution in [3.05, 3.63) is 65.0 Å². The van der Waals surface area contributed by atoms with Crippen molar-refractivity contribution in [1.82, 2.24) is 9.88 Å². The number of thiophene rings is 1. The minimum Gasteiger partial charge on any atom is -0.438 e. The van der Waals surface area contributed by atoms with Crippen LogP contribution in [0.1, 0.15) is 23.1 Å². The predicted molar refractivity (Wildman–Crippen MR) is 90.2 cm³/mol. The lowest BCUT2D eigenvalue weighted by molar-refractivity contribution is 0.0998. The molecule has 0 saturated carbocycles. The van der Waals surface area contributed by atoms with Crippen molar-refractivity contribution in [3.63, 3.8) is 0 Å². The van der Waals surface area contributed by atoms with Crippen LogP contribution in [0.5, 0.6) is 0 Å². The molecule has 5 heteroatoms. The highest BCUT2D eigenvalue weighted by Gasteiger charge is 2.27. The Balaban J connectivity index is 1.55. The molecule has 0 amide bonds. The number of nitrogens with zero attached hydrogens (tertiary/aromatic N) is 2. The minimum absolute atomic E-state index is 0.0111. The molecule has 4 rings (SSSR count). The first-order chi connectivity index (χ1) is 11.3. The van der Waals surface area contributed by atoms with E-state index in [2.05, 4.69) is 28.1 Å². The van der Waals surface area contributed by atoms with E-state index < -0.39 is 0 Å². The molecule has 1 atom stereocenters. The smallest absolute Gasteiger partial charge is 0.209 e. The molecular formula is C18H18N2O2S. The van der Waals surface area contributed by atoms with E-state index in [0.29, 0.717) is 12.4 Å². The summed E-state index contributed by atoms with van der Waals surface area (Å²) < 4.78 is 5.89. The van der Waals surface area contributed by atoms with Gasteiger partial charge in [0.2, 0.25) is 5.89 Å². The van der Waals surface area contributed by atoms with Crippen LogP contribution in [-0.4, -0.2) is 28.1 Å². The fourth-order valence-electron chi connectivity index (χ4n) is 3.20. The third-order valence-electron chi connectivity index (χ3n) is 4.35. The molecule has 0 fully saturated rings. The lowest BCUT2D eigenvalue weighted by Crippen LogP contribution is -2.36. The van der Waals surface area contributed by atoms with Crippen LogP contribution in [0, 0.1) is 0 Å². The van der Waals surface area contributed by atoms with E-state index in [1.165, 1.54) is 11.1 Å². The topological polar surface area (TPSA) is 49.5 Å². The van der Waals surface area contributed by atoms with E-state index in [9.17, 15) is 5.11 Å². The van der Waals surface area contributed by atoms with Crippen molar-refractivity contribution in [1.29, 1.82) is 0 Å². The zero-order chi connectivity index (χ0) is 15.6. The number of aromatic nitrogens is 1. The van der Waals surface area contributed by atoms with Crippen LogP contribution in [0.3, 0.4) is 0 Å². The molecule has 0 saturated heterocycles. The highest BCUT2D eigenvalue weighted by molar-refractivity contribution is 7.13. The van der Waals surface area contributed by atoms with Gasteiger partial charge in [-0.3, -0.25) is 4.90 Å². The second kappa shape index (κ2) is 6.28. The highest BCUT2D eigenvalue weighted by atomic mass is 32.1. The van der Waals surface area contributed by atoms with E-state index in [4.69, 9.17) is 4.42 Å². The molecule has 4 nitrogen and oxygen atoms in total. The third kappa shape index (κ3) is 2.83. The van der Waals surface area contributed by atoms with Crippen molar-refractivity contribution in [3.8, 4) is 10.6 Å². The largest absolute Gasteiger partial charge is 0.438 e. The number of oxazole rings is 1. The fourth-order valence-corrected chi connectivity index (χ4v) is 3.87. The molecule has 1 aliphatic heterocycles. The molecular weight excluding hydrogens is 308 g/mol. The standard InChI is InChI=1S/C18H18N2O2S/c21-12-15-14-5-2-1-4-13(14)7-8-20(15)11-18-19-10-16(22-18)17-6-3-9-23-17/h1-6,9-10,15,21H,7-8,11-12H2. The van der Waals surface area contributed by atoms with Crippen LogP contribution < -0.4 is 0 Å². The molecule has 3 heterocycles. The van der Waals surface area contributed by atoms with Gasteiger partial charge in [0.1, 0.15) is 0 Å². The van der Waals surface area contributed by atoms with Gasteiger partial charge in [0, 0.05) is 6.54 Å². The Bertz CT molecular complexity index is 782. The van der Waals surface area contributed by atoms with Crippen LogP contribution in [-0.2, 0) is 13.0 Å². The quantitative estimate of drug-likeness (QED) is 0.797. The van der Waals surface area contributed by atoms with Gasteiger partial charge in [0.25, 0.3) is 0 Å². The van der Waals surface area contributed by atoms with Crippen molar-refractivity contribution in [2.75, 3.05) is 13.2 Å². The summed E-state index contributed by atoms with van der Waals surface area (Å²) in [5, 5.41) is 11.9. The average Bonchev–Trinajstić information content (AvgIpc) is 3.26. The second-order valence-electron chi connectivity index (χ2n) is 5.71. The number of rotatable bonds is 4.